The van der Waals surface area contributed by atoms with Crippen LogP contribution in [-0.2, 0) is 0 Å². The largest absolute Gasteiger partial charge is 0.488 e. The summed E-state index contributed by atoms with van der Waals surface area (Å²) in [5.41, 5.74) is 2.14. The topological polar surface area (TPSA) is 43.4 Å². The number of carbonyl (C=O) groups excluding carboxylic acids is 2. The van der Waals surface area contributed by atoms with Crippen molar-refractivity contribution in [2.75, 3.05) is 0 Å². The van der Waals surface area contributed by atoms with Gasteiger partial charge in [0.2, 0.25) is 0 Å². The van der Waals surface area contributed by atoms with Crippen LogP contribution in [0.15, 0.2) is 48.5 Å². The summed E-state index contributed by atoms with van der Waals surface area (Å²) < 4.78 is 5.89. The van der Waals surface area contributed by atoms with Crippen molar-refractivity contribution in [1.82, 2.24) is 0 Å². The van der Waals surface area contributed by atoms with Gasteiger partial charge < -0.3 is 4.74 Å². The zero-order valence-corrected chi connectivity index (χ0v) is 12.7. The third-order valence-corrected chi connectivity index (χ3v) is 4.11. The van der Waals surface area contributed by atoms with Gasteiger partial charge in [-0.15, -0.1) is 0 Å². The smallest absolute Gasteiger partial charge is 0.181 e. The van der Waals surface area contributed by atoms with Gasteiger partial charge in [0.05, 0.1) is 5.56 Å². The van der Waals surface area contributed by atoms with Crippen LogP contribution in [0.3, 0.4) is 0 Å². The highest BCUT2D eigenvalue weighted by Crippen LogP contribution is 2.33. The molecule has 0 spiro atoms. The van der Waals surface area contributed by atoms with Crippen LogP contribution in [-0.4, -0.2) is 17.7 Å². The molecule has 2 atom stereocenters. The molecule has 0 saturated heterocycles. The molecule has 0 saturated carbocycles. The Labute approximate surface area is 129 Å². The van der Waals surface area contributed by atoms with E-state index in [-0.39, 0.29) is 11.6 Å². The van der Waals surface area contributed by atoms with Crippen LogP contribution in [0.25, 0.3) is 0 Å². The van der Waals surface area contributed by atoms with Crippen molar-refractivity contribution in [3.05, 3.63) is 65.2 Å². The molecule has 0 N–H and O–H groups in total. The maximum absolute atomic E-state index is 12.8. The van der Waals surface area contributed by atoms with E-state index in [4.69, 9.17) is 4.74 Å². The average Bonchev–Trinajstić information content (AvgIpc) is 2.55. The molecule has 1 aliphatic heterocycles. The van der Waals surface area contributed by atoms with Crippen molar-refractivity contribution in [3.63, 3.8) is 0 Å². The first kappa shape index (κ1) is 14.5. The number of ether oxygens (including phenoxy) is 1. The zero-order valence-electron chi connectivity index (χ0n) is 12.7. The van der Waals surface area contributed by atoms with Crippen molar-refractivity contribution in [3.8, 4) is 5.75 Å². The maximum Gasteiger partial charge on any atom is 0.181 e. The van der Waals surface area contributed by atoms with E-state index in [1.807, 2.05) is 32.0 Å². The Kier molecular flexibility index (Phi) is 3.80. The Bertz CT molecular complexity index is 716. The highest BCUT2D eigenvalue weighted by molar-refractivity contribution is 6.18. The quantitative estimate of drug-likeness (QED) is 0.638. The summed E-state index contributed by atoms with van der Waals surface area (Å²) in [4.78, 5) is 25.6. The van der Waals surface area contributed by atoms with Gasteiger partial charge in [0.15, 0.2) is 11.6 Å². The fourth-order valence-corrected chi connectivity index (χ4v) is 2.84. The molecular weight excluding hydrogens is 276 g/mol. The van der Waals surface area contributed by atoms with Gasteiger partial charge >= 0.3 is 0 Å². The number of carbonyl (C=O) groups is 2. The highest BCUT2D eigenvalue weighted by Gasteiger charge is 2.41. The van der Waals surface area contributed by atoms with Crippen LogP contribution in [0, 0.1) is 12.8 Å². The average molecular weight is 294 g/mol. The molecule has 3 heteroatoms. The molecule has 1 aliphatic rings. The lowest BCUT2D eigenvalue weighted by atomic mass is 9.82. The number of hydrogen-bond donors (Lipinski definition) is 0. The van der Waals surface area contributed by atoms with Gasteiger partial charge in [-0.3, -0.25) is 9.59 Å². The fraction of sp³-hybridized carbons (Fsp3) is 0.263. The van der Waals surface area contributed by atoms with E-state index in [1.54, 1.807) is 30.3 Å². The second kappa shape index (κ2) is 5.76. The van der Waals surface area contributed by atoms with Gasteiger partial charge in [-0.1, -0.05) is 48.9 Å². The predicted octanol–water partition coefficient (Wildman–Crippen LogP) is 3.85. The molecule has 1 heterocycles. The van der Waals surface area contributed by atoms with Crippen molar-refractivity contribution in [1.29, 1.82) is 0 Å². The fourth-order valence-electron chi connectivity index (χ4n) is 2.84. The standard InChI is InChI=1S/C19H18O3/c1-3-15-17(18(20)13-10-8-12(2)9-11-13)19(21)14-6-4-5-7-16(14)22-15/h4-11,15,17H,3H2,1-2H3/t15-,17+/m1/s1. The molecule has 0 amide bonds. The molecule has 3 rings (SSSR count). The SMILES string of the molecule is CC[C@H]1Oc2ccccc2C(=O)[C@@H]1C(=O)c1ccc(C)cc1. The summed E-state index contributed by atoms with van der Waals surface area (Å²) in [5.74, 6) is -0.486. The van der Waals surface area contributed by atoms with E-state index in [2.05, 4.69) is 0 Å². The monoisotopic (exact) mass is 294 g/mol. The van der Waals surface area contributed by atoms with Crippen molar-refractivity contribution in [2.24, 2.45) is 5.92 Å². The van der Waals surface area contributed by atoms with E-state index in [0.717, 1.165) is 5.56 Å². The van der Waals surface area contributed by atoms with Crippen LogP contribution in [0.2, 0.25) is 0 Å². The van der Waals surface area contributed by atoms with E-state index in [0.29, 0.717) is 23.3 Å². The number of rotatable bonds is 3. The predicted molar refractivity (Wildman–Crippen MR) is 84.5 cm³/mol. The molecule has 2 aromatic carbocycles. The van der Waals surface area contributed by atoms with Gasteiger partial charge in [-0.25, -0.2) is 0 Å². The second-order valence-corrected chi connectivity index (χ2v) is 5.63. The number of hydrogen-bond acceptors (Lipinski definition) is 3. The normalized spacial score (nSPS) is 20.2. The van der Waals surface area contributed by atoms with Crippen molar-refractivity contribution in [2.45, 2.75) is 26.4 Å². The Hall–Kier alpha value is -2.42. The minimum atomic E-state index is -0.761. The summed E-state index contributed by atoms with van der Waals surface area (Å²) in [6, 6.07) is 14.4. The number of fused-ring (bicyclic) bond motifs is 1. The van der Waals surface area contributed by atoms with Gasteiger partial charge in [0, 0.05) is 5.56 Å². The highest BCUT2D eigenvalue weighted by atomic mass is 16.5. The summed E-state index contributed by atoms with van der Waals surface area (Å²) in [5, 5.41) is 0. The molecule has 0 aliphatic carbocycles. The van der Waals surface area contributed by atoms with Crippen LogP contribution < -0.4 is 4.74 Å². The van der Waals surface area contributed by atoms with Gasteiger partial charge in [-0.05, 0) is 25.5 Å². The molecule has 0 unspecified atom stereocenters. The number of aryl methyl sites for hydroxylation is 1. The van der Waals surface area contributed by atoms with Gasteiger partial charge in [0.1, 0.15) is 17.8 Å². The van der Waals surface area contributed by atoms with E-state index < -0.39 is 12.0 Å². The van der Waals surface area contributed by atoms with E-state index in [1.165, 1.54) is 0 Å². The molecule has 22 heavy (non-hydrogen) atoms. The lowest BCUT2D eigenvalue weighted by Gasteiger charge is -2.31. The first-order chi connectivity index (χ1) is 10.6. The molecule has 2 aromatic rings. The minimum Gasteiger partial charge on any atom is -0.488 e. The van der Waals surface area contributed by atoms with Crippen LogP contribution >= 0.6 is 0 Å². The molecular formula is C19H18O3. The van der Waals surface area contributed by atoms with E-state index in [9.17, 15) is 9.59 Å². The first-order valence-electron chi connectivity index (χ1n) is 7.52. The third kappa shape index (κ3) is 2.43. The van der Waals surface area contributed by atoms with Crippen molar-refractivity contribution < 1.29 is 14.3 Å². The Morgan fingerprint density at radius 3 is 2.45 bits per heavy atom. The van der Waals surface area contributed by atoms with Crippen LogP contribution in [0.1, 0.15) is 39.6 Å². The number of ketones is 2. The first-order valence-corrected chi connectivity index (χ1v) is 7.52. The number of benzene rings is 2. The Morgan fingerprint density at radius 2 is 1.77 bits per heavy atom. The molecule has 0 radical (unpaired) electrons. The third-order valence-electron chi connectivity index (χ3n) is 4.11. The lowest BCUT2D eigenvalue weighted by Crippen LogP contribution is -2.42. The summed E-state index contributed by atoms with van der Waals surface area (Å²) >= 11 is 0. The zero-order chi connectivity index (χ0) is 15.7. The van der Waals surface area contributed by atoms with Crippen LogP contribution in [0.5, 0.6) is 5.75 Å². The molecule has 0 aromatic heterocycles. The van der Waals surface area contributed by atoms with Crippen molar-refractivity contribution >= 4 is 11.6 Å². The maximum atomic E-state index is 12.8. The lowest BCUT2D eigenvalue weighted by molar-refractivity contribution is 0.0565. The van der Waals surface area contributed by atoms with E-state index >= 15 is 0 Å². The molecule has 112 valence electrons. The van der Waals surface area contributed by atoms with Gasteiger partial charge in [-0.2, -0.15) is 0 Å². The minimum absolute atomic E-state index is 0.140. The molecule has 0 fully saturated rings. The Morgan fingerprint density at radius 1 is 1.09 bits per heavy atom. The summed E-state index contributed by atoms with van der Waals surface area (Å²) in [6.07, 6.45) is 0.207. The molecule has 0 bridgehead atoms. The Balaban J connectivity index is 1.99. The number of para-hydroxylation sites is 1. The summed E-state index contributed by atoms with van der Waals surface area (Å²) in [7, 11) is 0. The second-order valence-electron chi connectivity index (χ2n) is 5.63. The summed E-state index contributed by atoms with van der Waals surface area (Å²) in [6.45, 7) is 3.90. The van der Waals surface area contributed by atoms with Crippen LogP contribution in [0.4, 0.5) is 0 Å². The molecule has 3 nitrogen and oxygen atoms in total. The number of Topliss-reactive ketones (excluding diaryl/α,β-unsaturated/α-hetero) is 2. The van der Waals surface area contributed by atoms with Gasteiger partial charge in [0.25, 0.3) is 0 Å².